The molecule has 110 valence electrons. The second-order valence-electron chi connectivity index (χ2n) is 6.11. The quantitative estimate of drug-likeness (QED) is 0.848. The summed E-state index contributed by atoms with van der Waals surface area (Å²) in [6.07, 6.45) is 0.521. The van der Waals surface area contributed by atoms with Gasteiger partial charge in [-0.1, -0.05) is 6.07 Å². The molecule has 0 amide bonds. The molecule has 1 N–H and O–H groups in total. The van der Waals surface area contributed by atoms with Gasteiger partial charge in [0, 0.05) is 18.0 Å². The topological polar surface area (TPSA) is 12.0 Å². The summed E-state index contributed by atoms with van der Waals surface area (Å²) in [4.78, 5) is 0.314. The van der Waals surface area contributed by atoms with Crippen molar-refractivity contribution >= 4 is 11.8 Å². The third-order valence-electron chi connectivity index (χ3n) is 4.54. The Bertz CT molecular complexity index is 500. The highest BCUT2D eigenvalue weighted by Crippen LogP contribution is 2.49. The zero-order chi connectivity index (χ0) is 14.4. The van der Waals surface area contributed by atoms with Crippen molar-refractivity contribution in [3.63, 3.8) is 0 Å². The first-order valence-electron chi connectivity index (χ1n) is 6.87. The van der Waals surface area contributed by atoms with Gasteiger partial charge >= 0.3 is 6.18 Å². The molecule has 2 fully saturated rings. The first-order chi connectivity index (χ1) is 9.42. The van der Waals surface area contributed by atoms with Crippen molar-refractivity contribution < 1.29 is 13.2 Å². The van der Waals surface area contributed by atoms with Gasteiger partial charge in [-0.2, -0.15) is 13.2 Å². The van der Waals surface area contributed by atoms with Gasteiger partial charge in [-0.15, -0.1) is 11.8 Å². The molecule has 1 aliphatic carbocycles. The zero-order valence-corrected chi connectivity index (χ0v) is 12.2. The van der Waals surface area contributed by atoms with Crippen LogP contribution in [-0.2, 0) is 12.6 Å². The summed E-state index contributed by atoms with van der Waals surface area (Å²) in [6, 6.07) is 4.81. The maximum Gasteiger partial charge on any atom is 0.417 e. The lowest BCUT2D eigenvalue weighted by atomic mass is 9.57. The summed E-state index contributed by atoms with van der Waals surface area (Å²) in [5.41, 5.74) is 0.820. The summed E-state index contributed by atoms with van der Waals surface area (Å²) >= 11 is 1.15. The number of rotatable bonds is 3. The highest BCUT2D eigenvalue weighted by atomic mass is 32.2. The van der Waals surface area contributed by atoms with Gasteiger partial charge in [-0.3, -0.25) is 0 Å². The number of halogens is 3. The smallest absolute Gasteiger partial charge is 0.316 e. The molecule has 1 nitrogen and oxygen atoms in total. The largest absolute Gasteiger partial charge is 0.417 e. The SMILES string of the molecule is CSc1ccc(CC2CC3(CNC3)C2)cc1C(F)(F)F. The van der Waals surface area contributed by atoms with Crippen molar-refractivity contribution in [3.8, 4) is 0 Å². The van der Waals surface area contributed by atoms with Crippen molar-refractivity contribution in [1.29, 1.82) is 0 Å². The molecule has 1 aliphatic heterocycles. The Morgan fingerprint density at radius 2 is 2.00 bits per heavy atom. The highest BCUT2D eigenvalue weighted by molar-refractivity contribution is 7.98. The molecule has 0 unspecified atom stereocenters. The molecule has 1 aromatic rings. The standard InChI is InChI=1S/C15H18F3NS/c1-20-13-3-2-10(5-12(13)15(16,17)18)4-11-6-14(7-11)8-19-9-14/h2-3,5,11,19H,4,6-9H2,1H3. The molecule has 1 heterocycles. The van der Waals surface area contributed by atoms with Gasteiger partial charge < -0.3 is 5.32 Å². The molecular weight excluding hydrogens is 283 g/mol. The van der Waals surface area contributed by atoms with Crippen molar-refractivity contribution in [2.75, 3.05) is 19.3 Å². The fraction of sp³-hybridized carbons (Fsp3) is 0.600. The molecule has 0 radical (unpaired) electrons. The van der Waals surface area contributed by atoms with Gasteiger partial charge in [-0.05, 0) is 54.5 Å². The van der Waals surface area contributed by atoms with E-state index in [1.807, 2.05) is 6.07 Å². The van der Waals surface area contributed by atoms with Gasteiger partial charge in [-0.25, -0.2) is 0 Å². The Balaban J connectivity index is 1.71. The molecule has 0 atom stereocenters. The predicted octanol–water partition coefficient (Wildman–Crippen LogP) is 3.97. The van der Waals surface area contributed by atoms with Crippen LogP contribution in [0.2, 0.25) is 0 Å². The second-order valence-corrected chi connectivity index (χ2v) is 6.96. The van der Waals surface area contributed by atoms with Crippen molar-refractivity contribution in [2.24, 2.45) is 11.3 Å². The Labute approximate surface area is 121 Å². The van der Waals surface area contributed by atoms with E-state index in [0.29, 0.717) is 16.2 Å². The van der Waals surface area contributed by atoms with Crippen LogP contribution in [0.15, 0.2) is 23.1 Å². The van der Waals surface area contributed by atoms with Gasteiger partial charge in [0.15, 0.2) is 0 Å². The van der Waals surface area contributed by atoms with E-state index in [9.17, 15) is 13.2 Å². The van der Waals surface area contributed by atoms with Crippen molar-refractivity contribution in [1.82, 2.24) is 5.32 Å². The Kier molecular flexibility index (Phi) is 3.53. The molecule has 20 heavy (non-hydrogen) atoms. The minimum Gasteiger partial charge on any atom is -0.316 e. The first kappa shape index (κ1) is 14.3. The van der Waals surface area contributed by atoms with Crippen LogP contribution in [0.5, 0.6) is 0 Å². The Morgan fingerprint density at radius 1 is 1.30 bits per heavy atom. The van der Waals surface area contributed by atoms with E-state index >= 15 is 0 Å². The van der Waals surface area contributed by atoms with E-state index in [-0.39, 0.29) is 0 Å². The van der Waals surface area contributed by atoms with E-state index in [1.54, 1.807) is 12.3 Å². The molecule has 0 bridgehead atoms. The number of thioether (sulfide) groups is 1. The van der Waals surface area contributed by atoms with Crippen LogP contribution in [0.3, 0.4) is 0 Å². The molecular formula is C15H18F3NS. The highest BCUT2D eigenvalue weighted by Gasteiger charge is 2.48. The molecule has 2 aliphatic rings. The molecule has 1 spiro atoms. The monoisotopic (exact) mass is 301 g/mol. The van der Waals surface area contributed by atoms with Gasteiger partial charge in [0.2, 0.25) is 0 Å². The minimum absolute atomic E-state index is 0.314. The Morgan fingerprint density at radius 3 is 2.50 bits per heavy atom. The number of alkyl halides is 3. The first-order valence-corrected chi connectivity index (χ1v) is 8.09. The maximum atomic E-state index is 13.0. The van der Waals surface area contributed by atoms with Crippen LogP contribution >= 0.6 is 11.8 Å². The van der Waals surface area contributed by atoms with Crippen molar-refractivity contribution in [2.45, 2.75) is 30.3 Å². The van der Waals surface area contributed by atoms with Crippen molar-refractivity contribution in [3.05, 3.63) is 29.3 Å². The van der Waals surface area contributed by atoms with E-state index in [0.717, 1.165) is 49.7 Å². The summed E-state index contributed by atoms with van der Waals surface area (Å²) in [5, 5.41) is 3.28. The van der Waals surface area contributed by atoms with Gasteiger partial charge in [0.1, 0.15) is 0 Å². The van der Waals surface area contributed by atoms with Gasteiger partial charge in [0.25, 0.3) is 0 Å². The molecule has 1 saturated carbocycles. The zero-order valence-electron chi connectivity index (χ0n) is 11.4. The van der Waals surface area contributed by atoms with Crippen LogP contribution in [-0.4, -0.2) is 19.3 Å². The third-order valence-corrected chi connectivity index (χ3v) is 5.33. The van der Waals surface area contributed by atoms with Crippen LogP contribution < -0.4 is 5.32 Å². The fourth-order valence-corrected chi connectivity index (χ4v) is 4.11. The number of hydrogen-bond acceptors (Lipinski definition) is 2. The van der Waals surface area contributed by atoms with E-state index in [4.69, 9.17) is 0 Å². The fourth-order valence-electron chi connectivity index (χ4n) is 3.51. The van der Waals surface area contributed by atoms with Crippen LogP contribution in [0.1, 0.15) is 24.0 Å². The molecule has 5 heteroatoms. The number of hydrogen-bond donors (Lipinski definition) is 1. The lowest BCUT2D eigenvalue weighted by Crippen LogP contribution is -2.60. The summed E-state index contributed by atoms with van der Waals surface area (Å²) in [7, 11) is 0. The van der Waals surface area contributed by atoms with E-state index in [2.05, 4.69) is 5.32 Å². The van der Waals surface area contributed by atoms with Gasteiger partial charge in [0.05, 0.1) is 5.56 Å². The lowest BCUT2D eigenvalue weighted by Gasteiger charge is -2.54. The second kappa shape index (κ2) is 4.95. The summed E-state index contributed by atoms with van der Waals surface area (Å²) < 4.78 is 39.0. The summed E-state index contributed by atoms with van der Waals surface area (Å²) in [6.45, 7) is 2.17. The summed E-state index contributed by atoms with van der Waals surface area (Å²) in [5.74, 6) is 0.554. The number of nitrogens with one attached hydrogen (secondary N) is 1. The average Bonchev–Trinajstić information content (AvgIpc) is 2.29. The minimum atomic E-state index is -4.26. The van der Waals surface area contributed by atoms with Crippen LogP contribution in [0.4, 0.5) is 13.2 Å². The van der Waals surface area contributed by atoms with Crippen LogP contribution in [0.25, 0.3) is 0 Å². The molecule has 1 saturated heterocycles. The number of benzene rings is 1. The molecule has 1 aromatic carbocycles. The molecule has 3 rings (SSSR count). The van der Waals surface area contributed by atoms with E-state index < -0.39 is 11.7 Å². The normalized spacial score (nSPS) is 21.6. The Hall–Kier alpha value is -0.680. The maximum absolute atomic E-state index is 13.0. The average molecular weight is 301 g/mol. The van der Waals surface area contributed by atoms with E-state index in [1.165, 1.54) is 6.07 Å². The third kappa shape index (κ3) is 2.58. The van der Waals surface area contributed by atoms with Crippen LogP contribution in [0, 0.1) is 11.3 Å². The predicted molar refractivity (Wildman–Crippen MR) is 75.0 cm³/mol. The lowest BCUT2D eigenvalue weighted by molar-refractivity contribution is -0.139. The molecule has 0 aromatic heterocycles.